The summed E-state index contributed by atoms with van der Waals surface area (Å²) in [6.45, 7) is 1.98. The Morgan fingerprint density at radius 3 is 2.58 bits per heavy atom. The predicted octanol–water partition coefficient (Wildman–Crippen LogP) is 3.70. The molecule has 0 bridgehead atoms. The number of amides is 1. The number of ether oxygens (including phenoxy) is 2. The van der Waals surface area contributed by atoms with Gasteiger partial charge in [-0.15, -0.1) is 0 Å². The number of carbonyl (C=O) groups is 2. The van der Waals surface area contributed by atoms with Crippen LogP contribution < -0.4 is 14.8 Å². The van der Waals surface area contributed by atoms with Crippen LogP contribution in [-0.2, 0) is 0 Å². The van der Waals surface area contributed by atoms with Crippen molar-refractivity contribution in [2.45, 2.75) is 6.92 Å². The van der Waals surface area contributed by atoms with Crippen LogP contribution in [-0.4, -0.2) is 30.7 Å². The Labute approximate surface area is 144 Å². The SMILES string of the molecule is CCOc1c(NC(=O)c2cc(Cl)ccc2OC)cccc1C(=O)O. The Bertz CT molecular complexity index is 776. The van der Waals surface area contributed by atoms with Crippen molar-refractivity contribution >= 4 is 29.2 Å². The Balaban J connectivity index is 2.41. The number of aromatic carboxylic acids is 1. The zero-order chi connectivity index (χ0) is 17.7. The minimum atomic E-state index is -1.14. The maximum Gasteiger partial charge on any atom is 0.339 e. The molecule has 6 nitrogen and oxygen atoms in total. The highest BCUT2D eigenvalue weighted by Gasteiger charge is 2.19. The molecule has 0 aliphatic rings. The molecule has 2 aromatic rings. The number of methoxy groups -OCH3 is 1. The van der Waals surface area contributed by atoms with Gasteiger partial charge in [-0.1, -0.05) is 17.7 Å². The van der Waals surface area contributed by atoms with Gasteiger partial charge in [0, 0.05) is 5.02 Å². The molecule has 2 rings (SSSR count). The summed E-state index contributed by atoms with van der Waals surface area (Å²) in [4.78, 5) is 23.9. The number of nitrogens with one attached hydrogen (secondary N) is 1. The van der Waals surface area contributed by atoms with Gasteiger partial charge in [0.2, 0.25) is 0 Å². The molecular weight excluding hydrogens is 334 g/mol. The number of hydrogen-bond donors (Lipinski definition) is 2. The topological polar surface area (TPSA) is 84.9 Å². The normalized spacial score (nSPS) is 10.1. The second kappa shape index (κ2) is 7.70. The van der Waals surface area contributed by atoms with E-state index in [0.29, 0.717) is 10.8 Å². The van der Waals surface area contributed by atoms with Crippen molar-refractivity contribution in [3.63, 3.8) is 0 Å². The van der Waals surface area contributed by atoms with E-state index in [1.165, 1.54) is 25.3 Å². The fourth-order valence-electron chi connectivity index (χ4n) is 2.15. The third-order valence-electron chi connectivity index (χ3n) is 3.19. The van der Waals surface area contributed by atoms with E-state index >= 15 is 0 Å². The predicted molar refractivity (Wildman–Crippen MR) is 90.5 cm³/mol. The van der Waals surface area contributed by atoms with E-state index in [4.69, 9.17) is 21.1 Å². The number of para-hydroxylation sites is 1. The van der Waals surface area contributed by atoms with Crippen molar-refractivity contribution in [2.24, 2.45) is 0 Å². The lowest BCUT2D eigenvalue weighted by Crippen LogP contribution is -2.15. The van der Waals surface area contributed by atoms with Crippen molar-refractivity contribution in [2.75, 3.05) is 19.0 Å². The molecule has 0 aromatic heterocycles. The van der Waals surface area contributed by atoms with Crippen LogP contribution in [0.1, 0.15) is 27.6 Å². The number of benzene rings is 2. The number of carboxylic acid groups (broad SMARTS) is 1. The van der Waals surface area contributed by atoms with E-state index in [-0.39, 0.29) is 29.2 Å². The first kappa shape index (κ1) is 17.6. The summed E-state index contributed by atoms with van der Waals surface area (Å²) in [6.07, 6.45) is 0. The quantitative estimate of drug-likeness (QED) is 0.830. The molecule has 24 heavy (non-hydrogen) atoms. The molecule has 126 valence electrons. The zero-order valence-corrected chi connectivity index (χ0v) is 13.9. The van der Waals surface area contributed by atoms with Crippen LogP contribution >= 0.6 is 11.6 Å². The van der Waals surface area contributed by atoms with Gasteiger partial charge in [0.1, 0.15) is 11.3 Å². The van der Waals surface area contributed by atoms with Gasteiger partial charge in [-0.3, -0.25) is 4.79 Å². The molecule has 2 aromatic carbocycles. The first-order valence-corrected chi connectivity index (χ1v) is 7.49. The van der Waals surface area contributed by atoms with Crippen molar-refractivity contribution in [1.29, 1.82) is 0 Å². The standard InChI is InChI=1S/C17H16ClNO5/c1-3-24-15-11(17(21)22)5-4-6-13(15)19-16(20)12-9-10(18)7-8-14(12)23-2/h4-9H,3H2,1-2H3,(H,19,20)(H,21,22). The van der Waals surface area contributed by atoms with Crippen LogP contribution in [0.3, 0.4) is 0 Å². The molecule has 0 aliphatic carbocycles. The van der Waals surface area contributed by atoms with Crippen molar-refractivity contribution < 1.29 is 24.2 Å². The van der Waals surface area contributed by atoms with Crippen molar-refractivity contribution in [3.8, 4) is 11.5 Å². The van der Waals surface area contributed by atoms with Gasteiger partial charge >= 0.3 is 5.97 Å². The summed E-state index contributed by atoms with van der Waals surface area (Å²) in [5.41, 5.74) is 0.449. The Morgan fingerprint density at radius 1 is 1.21 bits per heavy atom. The third-order valence-corrected chi connectivity index (χ3v) is 3.42. The fraction of sp³-hybridized carbons (Fsp3) is 0.176. The van der Waals surface area contributed by atoms with E-state index in [0.717, 1.165) is 0 Å². The van der Waals surface area contributed by atoms with Crippen LogP contribution in [0, 0.1) is 0 Å². The monoisotopic (exact) mass is 349 g/mol. The van der Waals surface area contributed by atoms with Crippen LogP contribution in [0.2, 0.25) is 5.02 Å². The number of halogens is 1. The largest absolute Gasteiger partial charge is 0.496 e. The third kappa shape index (κ3) is 3.78. The first-order chi connectivity index (χ1) is 11.5. The Morgan fingerprint density at radius 2 is 1.96 bits per heavy atom. The lowest BCUT2D eigenvalue weighted by molar-refractivity contribution is 0.0692. The van der Waals surface area contributed by atoms with Gasteiger partial charge in [-0.05, 0) is 37.3 Å². The molecule has 0 radical (unpaired) electrons. The Kier molecular flexibility index (Phi) is 5.65. The molecule has 0 aliphatic heterocycles. The molecule has 2 N–H and O–H groups in total. The van der Waals surface area contributed by atoms with Crippen molar-refractivity contribution in [1.82, 2.24) is 0 Å². The summed E-state index contributed by atoms with van der Waals surface area (Å²) in [5, 5.41) is 12.3. The lowest BCUT2D eigenvalue weighted by atomic mass is 10.1. The molecule has 0 fully saturated rings. The van der Waals surface area contributed by atoms with Crippen LogP contribution in [0.25, 0.3) is 0 Å². The summed E-state index contributed by atoms with van der Waals surface area (Å²) in [7, 11) is 1.44. The fourth-order valence-corrected chi connectivity index (χ4v) is 2.32. The van der Waals surface area contributed by atoms with Gasteiger partial charge in [-0.2, -0.15) is 0 Å². The van der Waals surface area contributed by atoms with Gasteiger partial charge in [-0.25, -0.2) is 4.79 Å². The van der Waals surface area contributed by atoms with E-state index in [1.54, 1.807) is 25.1 Å². The molecular formula is C17H16ClNO5. The molecule has 1 amide bonds. The zero-order valence-electron chi connectivity index (χ0n) is 13.1. The molecule has 0 saturated heterocycles. The molecule has 0 spiro atoms. The van der Waals surface area contributed by atoms with Gasteiger partial charge in [0.15, 0.2) is 5.75 Å². The van der Waals surface area contributed by atoms with E-state index < -0.39 is 11.9 Å². The van der Waals surface area contributed by atoms with Crippen LogP contribution in [0.15, 0.2) is 36.4 Å². The second-order valence-electron chi connectivity index (χ2n) is 4.72. The van der Waals surface area contributed by atoms with Gasteiger partial charge in [0.05, 0.1) is 25.0 Å². The summed E-state index contributed by atoms with van der Waals surface area (Å²) >= 11 is 5.93. The highest BCUT2D eigenvalue weighted by atomic mass is 35.5. The summed E-state index contributed by atoms with van der Waals surface area (Å²) in [6, 6.07) is 9.14. The highest BCUT2D eigenvalue weighted by molar-refractivity contribution is 6.31. The van der Waals surface area contributed by atoms with Gasteiger partial charge in [0.25, 0.3) is 5.91 Å². The molecule has 0 saturated carbocycles. The molecule has 0 unspecified atom stereocenters. The van der Waals surface area contributed by atoms with E-state index in [1.807, 2.05) is 0 Å². The minimum Gasteiger partial charge on any atom is -0.496 e. The maximum absolute atomic E-state index is 12.5. The molecule has 0 heterocycles. The minimum absolute atomic E-state index is 0.0345. The van der Waals surface area contributed by atoms with Crippen molar-refractivity contribution in [3.05, 3.63) is 52.5 Å². The molecule has 7 heteroatoms. The smallest absolute Gasteiger partial charge is 0.339 e. The van der Waals surface area contributed by atoms with Crippen LogP contribution in [0.4, 0.5) is 5.69 Å². The first-order valence-electron chi connectivity index (χ1n) is 7.12. The van der Waals surface area contributed by atoms with Crippen LogP contribution in [0.5, 0.6) is 11.5 Å². The highest BCUT2D eigenvalue weighted by Crippen LogP contribution is 2.31. The summed E-state index contributed by atoms with van der Waals surface area (Å²) < 4.78 is 10.5. The number of carboxylic acids is 1. The van der Waals surface area contributed by atoms with E-state index in [2.05, 4.69) is 5.32 Å². The van der Waals surface area contributed by atoms with E-state index in [9.17, 15) is 14.7 Å². The Hall–Kier alpha value is -2.73. The van der Waals surface area contributed by atoms with Gasteiger partial charge < -0.3 is 19.9 Å². The number of carbonyl (C=O) groups excluding carboxylic acids is 1. The number of anilines is 1. The summed E-state index contributed by atoms with van der Waals surface area (Å²) in [5.74, 6) is -1.18. The average Bonchev–Trinajstić information content (AvgIpc) is 2.56. The number of hydrogen-bond acceptors (Lipinski definition) is 4. The molecule has 0 atom stereocenters. The second-order valence-corrected chi connectivity index (χ2v) is 5.16. The number of rotatable bonds is 6. The maximum atomic E-state index is 12.5. The lowest BCUT2D eigenvalue weighted by Gasteiger charge is -2.15. The average molecular weight is 350 g/mol.